The summed E-state index contributed by atoms with van der Waals surface area (Å²) in [5.41, 5.74) is -1.62. The highest BCUT2D eigenvalue weighted by Gasteiger charge is 2.38. The van der Waals surface area contributed by atoms with E-state index < -0.39 is 41.3 Å². The van der Waals surface area contributed by atoms with Crippen molar-refractivity contribution in [2.75, 3.05) is 43.4 Å². The molecule has 1 fully saturated rings. The topological polar surface area (TPSA) is 85.8 Å². The zero-order valence-electron chi connectivity index (χ0n) is 19.3. The van der Waals surface area contributed by atoms with Gasteiger partial charge in [-0.1, -0.05) is 13.8 Å². The SMILES string of the molecule is CC(C)c1sc(N2CCN(C)CC2)nc1C(=O)Nc1ccc(F)cc1C(F)(F)F.O=C(O)C(F)(F)F. The molecular weight excluding hydrogens is 521 g/mol. The first-order chi connectivity index (χ1) is 16.5. The molecule has 2 aromatic rings. The molecule has 1 aliphatic rings. The number of likely N-dealkylation sites (N-methyl/N-ethyl adjacent to an activating group) is 1. The Bertz CT molecular complexity index is 1080. The molecule has 1 amide bonds. The van der Waals surface area contributed by atoms with Crippen LogP contribution in [0.4, 0.5) is 41.6 Å². The van der Waals surface area contributed by atoms with E-state index in [-0.39, 0.29) is 11.6 Å². The Morgan fingerprint density at radius 1 is 1.08 bits per heavy atom. The predicted octanol–water partition coefficient (Wildman–Crippen LogP) is 5.06. The highest BCUT2D eigenvalue weighted by Crippen LogP contribution is 2.37. The van der Waals surface area contributed by atoms with E-state index in [0.29, 0.717) is 16.1 Å². The first-order valence-electron chi connectivity index (χ1n) is 10.4. The van der Waals surface area contributed by atoms with Crippen LogP contribution in [0.1, 0.15) is 40.7 Å². The largest absolute Gasteiger partial charge is 0.490 e. The number of nitrogens with zero attached hydrogens (tertiary/aromatic N) is 3. The van der Waals surface area contributed by atoms with Crippen molar-refractivity contribution in [3.63, 3.8) is 0 Å². The minimum absolute atomic E-state index is 0.0234. The van der Waals surface area contributed by atoms with E-state index in [1.165, 1.54) is 11.3 Å². The van der Waals surface area contributed by atoms with E-state index in [4.69, 9.17) is 9.90 Å². The highest BCUT2D eigenvalue weighted by molar-refractivity contribution is 7.16. The fraction of sp³-hybridized carbons (Fsp3) is 0.476. The first-order valence-corrected chi connectivity index (χ1v) is 11.2. The number of benzene rings is 1. The van der Waals surface area contributed by atoms with Gasteiger partial charge in [0.05, 0.1) is 11.3 Å². The van der Waals surface area contributed by atoms with Crippen LogP contribution in [-0.4, -0.2) is 66.3 Å². The Morgan fingerprint density at radius 3 is 2.11 bits per heavy atom. The third-order valence-electron chi connectivity index (χ3n) is 4.93. The number of piperazine rings is 1. The zero-order chi connectivity index (χ0) is 27.4. The lowest BCUT2D eigenvalue weighted by Crippen LogP contribution is -2.44. The molecule has 1 aliphatic heterocycles. The maximum atomic E-state index is 13.3. The molecule has 200 valence electrons. The van der Waals surface area contributed by atoms with Crippen LogP contribution in [0, 0.1) is 5.82 Å². The van der Waals surface area contributed by atoms with Crippen molar-refractivity contribution in [3.8, 4) is 0 Å². The Morgan fingerprint density at radius 2 is 1.64 bits per heavy atom. The quantitative estimate of drug-likeness (QED) is 0.524. The van der Waals surface area contributed by atoms with E-state index in [2.05, 4.69) is 20.1 Å². The molecule has 0 bridgehead atoms. The summed E-state index contributed by atoms with van der Waals surface area (Å²) in [4.78, 5) is 31.1. The fourth-order valence-electron chi connectivity index (χ4n) is 3.05. The molecule has 1 saturated heterocycles. The number of aliphatic carboxylic acids is 1. The summed E-state index contributed by atoms with van der Waals surface area (Å²) in [7, 11) is 2.03. The zero-order valence-corrected chi connectivity index (χ0v) is 20.1. The van der Waals surface area contributed by atoms with Gasteiger partial charge in [-0.25, -0.2) is 14.2 Å². The number of amides is 1. The maximum absolute atomic E-state index is 13.3. The van der Waals surface area contributed by atoms with Crippen molar-refractivity contribution in [3.05, 3.63) is 40.2 Å². The number of nitrogens with one attached hydrogen (secondary N) is 1. The van der Waals surface area contributed by atoms with Crippen molar-refractivity contribution in [1.29, 1.82) is 0 Å². The molecule has 36 heavy (non-hydrogen) atoms. The molecule has 3 rings (SSSR count). The number of halogens is 7. The van der Waals surface area contributed by atoms with Crippen LogP contribution >= 0.6 is 11.3 Å². The number of aromatic nitrogens is 1. The van der Waals surface area contributed by atoms with Gasteiger partial charge in [-0.05, 0) is 31.2 Å². The van der Waals surface area contributed by atoms with Crippen molar-refractivity contribution >= 4 is 34.0 Å². The number of carboxylic acids is 1. The average molecular weight is 544 g/mol. The van der Waals surface area contributed by atoms with Gasteiger partial charge in [0.1, 0.15) is 11.5 Å². The first kappa shape index (κ1) is 29.3. The minimum Gasteiger partial charge on any atom is -0.475 e. The Hall–Kier alpha value is -2.94. The van der Waals surface area contributed by atoms with Crippen LogP contribution in [0.3, 0.4) is 0 Å². The summed E-state index contributed by atoms with van der Waals surface area (Å²) < 4.78 is 84.7. The molecule has 0 saturated carbocycles. The molecule has 1 aromatic carbocycles. The molecule has 0 unspecified atom stereocenters. The van der Waals surface area contributed by atoms with Crippen molar-refractivity contribution in [2.45, 2.75) is 32.1 Å². The summed E-state index contributed by atoms with van der Waals surface area (Å²) in [6.45, 7) is 7.05. The number of carbonyl (C=O) groups excluding carboxylic acids is 1. The van der Waals surface area contributed by atoms with Crippen LogP contribution < -0.4 is 10.2 Å². The summed E-state index contributed by atoms with van der Waals surface area (Å²) in [5, 5.41) is 10.1. The van der Waals surface area contributed by atoms with E-state index in [1.54, 1.807) is 0 Å². The van der Waals surface area contributed by atoms with E-state index in [0.717, 1.165) is 38.3 Å². The van der Waals surface area contributed by atoms with Gasteiger partial charge < -0.3 is 20.2 Å². The smallest absolute Gasteiger partial charge is 0.475 e. The van der Waals surface area contributed by atoms with Crippen molar-refractivity contribution in [2.24, 2.45) is 0 Å². The molecule has 0 spiro atoms. The van der Waals surface area contributed by atoms with Gasteiger partial charge in [0.15, 0.2) is 5.13 Å². The summed E-state index contributed by atoms with van der Waals surface area (Å²) in [6, 6.07) is 2.17. The number of alkyl halides is 6. The average Bonchev–Trinajstić information content (AvgIpc) is 3.20. The van der Waals surface area contributed by atoms with Crippen molar-refractivity contribution < 1.29 is 45.4 Å². The third-order valence-corrected chi connectivity index (χ3v) is 6.35. The molecule has 15 heteroatoms. The van der Waals surface area contributed by atoms with Crippen molar-refractivity contribution in [1.82, 2.24) is 9.88 Å². The number of carbonyl (C=O) groups is 2. The van der Waals surface area contributed by atoms with Crippen LogP contribution in [0.25, 0.3) is 0 Å². The Kier molecular flexibility index (Phi) is 9.29. The molecule has 2 heterocycles. The number of thiazole rings is 1. The summed E-state index contributed by atoms with van der Waals surface area (Å²) in [5.74, 6) is -4.54. The predicted molar refractivity (Wildman–Crippen MR) is 119 cm³/mol. The van der Waals surface area contributed by atoms with Gasteiger partial charge in [0.25, 0.3) is 5.91 Å². The number of anilines is 2. The van der Waals surface area contributed by atoms with E-state index in [1.807, 2.05) is 20.9 Å². The maximum Gasteiger partial charge on any atom is 0.490 e. The standard InChI is InChI=1S/C19H22F4N4OS.C2HF3O2/c1-11(2)16-15(25-18(29-16)27-8-6-26(3)7-9-27)17(28)24-14-5-4-12(20)10-13(14)19(21,22)23;3-2(4,5)1(6)7/h4-5,10-11H,6-9H2,1-3H3,(H,24,28);(H,6,7). The normalized spacial score (nSPS) is 14.9. The lowest BCUT2D eigenvalue weighted by Gasteiger charge is -2.32. The van der Waals surface area contributed by atoms with Gasteiger partial charge in [-0.3, -0.25) is 4.79 Å². The summed E-state index contributed by atoms with van der Waals surface area (Å²) in [6.07, 6.45) is -9.88. The second-order valence-corrected chi connectivity index (χ2v) is 9.11. The Balaban J connectivity index is 0.000000572. The van der Waals surface area contributed by atoms with Gasteiger partial charge in [-0.2, -0.15) is 26.3 Å². The second-order valence-electron chi connectivity index (χ2n) is 8.10. The van der Waals surface area contributed by atoms with E-state index in [9.17, 15) is 35.5 Å². The van der Waals surface area contributed by atoms with Gasteiger partial charge in [0, 0.05) is 31.1 Å². The molecule has 0 radical (unpaired) electrons. The number of carboxylic acid groups (broad SMARTS) is 1. The molecule has 2 N–H and O–H groups in total. The van der Waals surface area contributed by atoms with Gasteiger partial charge in [-0.15, -0.1) is 11.3 Å². The molecule has 1 aromatic heterocycles. The number of hydrogen-bond acceptors (Lipinski definition) is 6. The molecule has 0 atom stereocenters. The molecule has 0 aliphatic carbocycles. The summed E-state index contributed by atoms with van der Waals surface area (Å²) >= 11 is 1.38. The third kappa shape index (κ3) is 7.78. The second kappa shape index (κ2) is 11.4. The van der Waals surface area contributed by atoms with Gasteiger partial charge in [0.2, 0.25) is 0 Å². The van der Waals surface area contributed by atoms with Crippen LogP contribution in [0.2, 0.25) is 0 Å². The molecular formula is C21H23F7N4O3S. The lowest BCUT2D eigenvalue weighted by atomic mass is 10.1. The van der Waals surface area contributed by atoms with Crippen LogP contribution in [0.5, 0.6) is 0 Å². The number of hydrogen-bond donors (Lipinski definition) is 2. The van der Waals surface area contributed by atoms with Gasteiger partial charge >= 0.3 is 18.3 Å². The van der Waals surface area contributed by atoms with Crippen LogP contribution in [0.15, 0.2) is 18.2 Å². The van der Waals surface area contributed by atoms with Crippen LogP contribution in [-0.2, 0) is 11.0 Å². The van der Waals surface area contributed by atoms with E-state index >= 15 is 0 Å². The monoisotopic (exact) mass is 544 g/mol. The highest BCUT2D eigenvalue weighted by atomic mass is 32.1. The fourth-order valence-corrected chi connectivity index (χ4v) is 4.16. The number of rotatable bonds is 4. The minimum atomic E-state index is -5.08. The Labute approximate surface area is 205 Å². The molecule has 7 nitrogen and oxygen atoms in total. The lowest BCUT2D eigenvalue weighted by molar-refractivity contribution is -0.192.